The van der Waals surface area contributed by atoms with Crippen molar-refractivity contribution in [3.05, 3.63) is 0 Å². The minimum Gasteiger partial charge on any atom is -0.394 e. The van der Waals surface area contributed by atoms with Crippen LogP contribution in [0.1, 0.15) is 28.2 Å². The first-order valence-corrected chi connectivity index (χ1v) is 8.77. The Balaban J connectivity index is 0.00000338. The summed E-state index contributed by atoms with van der Waals surface area (Å²) in [6.07, 6.45) is -6.00. The van der Waals surface area contributed by atoms with E-state index < -0.39 is 55.1 Å². The highest BCUT2D eigenvalue weighted by Crippen LogP contribution is 2.32. The van der Waals surface area contributed by atoms with Crippen molar-refractivity contribution in [2.45, 2.75) is 77.3 Å². The molecule has 2 heterocycles. The largest absolute Gasteiger partial charge is 0.394 e. The van der Waals surface area contributed by atoms with Crippen molar-refractivity contribution >= 4 is 0 Å². The number of aliphatic hydroxyl groups is 4. The monoisotopic (exact) mass is 381 g/mol. The van der Waals surface area contributed by atoms with Gasteiger partial charge in [0.2, 0.25) is 0 Å². The standard InChI is InChI=1S/C16H31NO8.CH4/c1-4-22-15-8(3)13(21)14(10(6-19)24-15)25-16-11(17)12(20)7(2)9(5-18)23-16;/h7-16,18-21H,4-6,17H2,1-3H3;1H4. The van der Waals surface area contributed by atoms with Gasteiger partial charge < -0.3 is 45.1 Å². The summed E-state index contributed by atoms with van der Waals surface area (Å²) in [5, 5.41) is 39.8. The molecule has 0 saturated carbocycles. The van der Waals surface area contributed by atoms with E-state index in [2.05, 4.69) is 0 Å². The molecule has 26 heavy (non-hydrogen) atoms. The van der Waals surface area contributed by atoms with Crippen molar-refractivity contribution in [2.75, 3.05) is 19.8 Å². The summed E-state index contributed by atoms with van der Waals surface area (Å²) in [7, 11) is 0. The number of nitrogens with two attached hydrogens (primary N) is 1. The Kier molecular flexibility index (Phi) is 9.34. The minimum absolute atomic E-state index is 0. The zero-order valence-electron chi connectivity index (χ0n) is 14.9. The fourth-order valence-corrected chi connectivity index (χ4v) is 3.33. The first-order valence-electron chi connectivity index (χ1n) is 8.77. The van der Waals surface area contributed by atoms with Gasteiger partial charge >= 0.3 is 0 Å². The molecule has 0 aliphatic carbocycles. The van der Waals surface area contributed by atoms with Gasteiger partial charge in [-0.3, -0.25) is 0 Å². The number of hydrogen-bond donors (Lipinski definition) is 5. The van der Waals surface area contributed by atoms with Gasteiger partial charge in [0.1, 0.15) is 12.2 Å². The number of ether oxygens (including phenoxy) is 4. The van der Waals surface area contributed by atoms with Gasteiger partial charge in [-0.25, -0.2) is 0 Å². The maximum Gasteiger partial charge on any atom is 0.176 e. The van der Waals surface area contributed by atoms with Crippen LogP contribution in [0.2, 0.25) is 0 Å². The van der Waals surface area contributed by atoms with Crippen molar-refractivity contribution in [3.8, 4) is 0 Å². The Morgan fingerprint density at radius 2 is 1.50 bits per heavy atom. The van der Waals surface area contributed by atoms with Gasteiger partial charge in [0, 0.05) is 18.4 Å². The molecule has 2 fully saturated rings. The van der Waals surface area contributed by atoms with E-state index in [1.807, 2.05) is 6.92 Å². The molecular weight excluding hydrogens is 346 g/mol. The molecule has 0 aromatic heterocycles. The summed E-state index contributed by atoms with van der Waals surface area (Å²) in [5.41, 5.74) is 6.00. The molecule has 0 spiro atoms. The average Bonchev–Trinajstić information content (AvgIpc) is 2.61. The lowest BCUT2D eigenvalue weighted by atomic mass is 9.89. The molecule has 0 aromatic carbocycles. The summed E-state index contributed by atoms with van der Waals surface area (Å²) in [5.74, 6) is -0.757. The van der Waals surface area contributed by atoms with E-state index in [1.54, 1.807) is 13.8 Å². The van der Waals surface area contributed by atoms with Crippen molar-refractivity contribution < 1.29 is 39.4 Å². The summed E-state index contributed by atoms with van der Waals surface area (Å²) in [6, 6.07) is -0.857. The first kappa shape index (κ1) is 23.7. The number of aliphatic hydroxyl groups excluding tert-OH is 4. The summed E-state index contributed by atoms with van der Waals surface area (Å²) in [4.78, 5) is 0. The van der Waals surface area contributed by atoms with Crippen LogP contribution in [0.4, 0.5) is 0 Å². The van der Waals surface area contributed by atoms with Crippen LogP contribution in [-0.4, -0.2) is 89.4 Å². The third-order valence-corrected chi connectivity index (χ3v) is 5.10. The SMILES string of the molecule is C.CCOC1OC(CO)C(OC2OC(CO)C(C)C(O)C2N)C(O)C1C. The molecule has 0 amide bonds. The lowest BCUT2D eigenvalue weighted by Gasteiger charge is -2.47. The van der Waals surface area contributed by atoms with Gasteiger partial charge in [0.25, 0.3) is 0 Å². The van der Waals surface area contributed by atoms with Crippen LogP contribution < -0.4 is 5.73 Å². The Hall–Kier alpha value is -0.360. The minimum atomic E-state index is -1.04. The van der Waals surface area contributed by atoms with E-state index in [0.717, 1.165) is 0 Å². The second-order valence-corrected chi connectivity index (χ2v) is 6.78. The van der Waals surface area contributed by atoms with Crippen LogP contribution in [0, 0.1) is 11.8 Å². The second-order valence-electron chi connectivity index (χ2n) is 6.78. The van der Waals surface area contributed by atoms with Crippen LogP contribution in [0.25, 0.3) is 0 Å². The molecule has 2 rings (SSSR count). The Labute approximate surface area is 155 Å². The molecule has 10 atom stereocenters. The van der Waals surface area contributed by atoms with Gasteiger partial charge in [0.05, 0.1) is 37.6 Å². The molecule has 6 N–H and O–H groups in total. The van der Waals surface area contributed by atoms with E-state index in [1.165, 1.54) is 0 Å². The van der Waals surface area contributed by atoms with Crippen molar-refractivity contribution in [1.82, 2.24) is 0 Å². The van der Waals surface area contributed by atoms with E-state index in [0.29, 0.717) is 6.61 Å². The van der Waals surface area contributed by atoms with Gasteiger partial charge in [0.15, 0.2) is 12.6 Å². The van der Waals surface area contributed by atoms with Gasteiger partial charge in [-0.05, 0) is 6.92 Å². The molecule has 2 aliphatic rings. The molecule has 0 bridgehead atoms. The molecule has 2 aliphatic heterocycles. The van der Waals surface area contributed by atoms with Gasteiger partial charge in [-0.2, -0.15) is 0 Å². The Morgan fingerprint density at radius 3 is 2.04 bits per heavy atom. The summed E-state index contributed by atoms with van der Waals surface area (Å²) < 4.78 is 22.6. The molecule has 156 valence electrons. The molecule has 0 radical (unpaired) electrons. The van der Waals surface area contributed by atoms with E-state index in [9.17, 15) is 20.4 Å². The maximum absolute atomic E-state index is 10.6. The van der Waals surface area contributed by atoms with E-state index >= 15 is 0 Å². The average molecular weight is 381 g/mol. The van der Waals surface area contributed by atoms with E-state index in [4.69, 9.17) is 24.7 Å². The maximum atomic E-state index is 10.6. The zero-order valence-corrected chi connectivity index (χ0v) is 14.9. The molecule has 2 saturated heterocycles. The van der Waals surface area contributed by atoms with Crippen LogP contribution in [0.15, 0.2) is 0 Å². The smallest absolute Gasteiger partial charge is 0.176 e. The lowest BCUT2D eigenvalue weighted by molar-refractivity contribution is -0.332. The summed E-state index contributed by atoms with van der Waals surface area (Å²) >= 11 is 0. The predicted octanol–water partition coefficient (Wildman–Crippen LogP) is -1.20. The molecule has 9 heteroatoms. The summed E-state index contributed by atoms with van der Waals surface area (Å²) in [6.45, 7) is 5.02. The van der Waals surface area contributed by atoms with Gasteiger partial charge in [-0.15, -0.1) is 0 Å². The third-order valence-electron chi connectivity index (χ3n) is 5.10. The fourth-order valence-electron chi connectivity index (χ4n) is 3.33. The predicted molar refractivity (Wildman–Crippen MR) is 93.0 cm³/mol. The molecule has 10 unspecified atom stereocenters. The van der Waals surface area contributed by atoms with Crippen LogP contribution >= 0.6 is 0 Å². The Morgan fingerprint density at radius 1 is 0.923 bits per heavy atom. The zero-order chi connectivity index (χ0) is 18.7. The molecule has 0 aromatic rings. The highest BCUT2D eigenvalue weighted by Gasteiger charge is 2.48. The van der Waals surface area contributed by atoms with Crippen molar-refractivity contribution in [2.24, 2.45) is 17.6 Å². The Bertz CT molecular complexity index is 410. The highest BCUT2D eigenvalue weighted by atomic mass is 16.7. The molecular formula is C17H35NO8. The number of hydrogen-bond acceptors (Lipinski definition) is 9. The molecule has 9 nitrogen and oxygen atoms in total. The van der Waals surface area contributed by atoms with Crippen molar-refractivity contribution in [3.63, 3.8) is 0 Å². The number of rotatable bonds is 6. The van der Waals surface area contributed by atoms with Crippen molar-refractivity contribution in [1.29, 1.82) is 0 Å². The van der Waals surface area contributed by atoms with E-state index in [-0.39, 0.29) is 26.6 Å². The van der Waals surface area contributed by atoms with Crippen LogP contribution in [0.5, 0.6) is 0 Å². The normalized spacial score (nSPS) is 46.6. The van der Waals surface area contributed by atoms with Gasteiger partial charge in [-0.1, -0.05) is 21.3 Å². The van der Waals surface area contributed by atoms with Crippen LogP contribution in [0.3, 0.4) is 0 Å². The topological polar surface area (TPSA) is 144 Å². The second kappa shape index (κ2) is 10.3. The lowest BCUT2D eigenvalue weighted by Crippen LogP contribution is -2.63. The quantitative estimate of drug-likeness (QED) is 0.383. The fraction of sp³-hybridized carbons (Fsp3) is 1.00. The third kappa shape index (κ3) is 4.73. The highest BCUT2D eigenvalue weighted by molar-refractivity contribution is 4.93. The first-order chi connectivity index (χ1) is 11.8. The van der Waals surface area contributed by atoms with Crippen LogP contribution in [-0.2, 0) is 18.9 Å².